The molecule has 0 bridgehead atoms. The molecule has 0 N–H and O–H groups in total. The number of carbonyl (C=O) groups excluding carboxylic acids is 1. The lowest BCUT2D eigenvalue weighted by molar-refractivity contribution is -0.142. The van der Waals surface area contributed by atoms with Crippen LogP contribution in [0.2, 0.25) is 0 Å². The minimum atomic E-state index is -4.56. The first-order valence-corrected chi connectivity index (χ1v) is 10.6. The number of halogens is 4. The van der Waals surface area contributed by atoms with E-state index < -0.39 is 11.9 Å². The minimum absolute atomic E-state index is 0.126. The van der Waals surface area contributed by atoms with Crippen molar-refractivity contribution < 1.29 is 22.4 Å². The molecule has 1 atom stereocenters. The molecule has 0 aliphatic carbocycles. The summed E-state index contributed by atoms with van der Waals surface area (Å²) < 4.78 is 56.0. The van der Waals surface area contributed by atoms with Crippen molar-refractivity contribution in [2.45, 2.75) is 25.4 Å². The van der Waals surface area contributed by atoms with Gasteiger partial charge in [-0.15, -0.1) is 0 Å². The lowest BCUT2D eigenvalue weighted by Crippen LogP contribution is -2.29. The standard InChI is InChI=1S/C23H20F4N6O/c1-13-9-20(23(25,26)27)33-21(28-13)11-17(30-33)15-7-8-32(12-15)22(34)18-10-19(31(2)29-18)14-3-5-16(24)6-4-14/h3-6,9-11,15H,7-8,12H2,1-2H3/t15-/m0/s1. The average molecular weight is 472 g/mol. The molecule has 0 radical (unpaired) electrons. The van der Waals surface area contributed by atoms with Gasteiger partial charge < -0.3 is 4.90 Å². The molecular formula is C23H20F4N6O. The van der Waals surface area contributed by atoms with Crippen molar-refractivity contribution in [3.05, 3.63) is 71.1 Å². The molecule has 1 aromatic carbocycles. The number of carbonyl (C=O) groups is 1. The Kier molecular flexibility index (Phi) is 5.14. The van der Waals surface area contributed by atoms with Gasteiger partial charge in [0.15, 0.2) is 11.3 Å². The summed E-state index contributed by atoms with van der Waals surface area (Å²) in [5, 5.41) is 8.49. The summed E-state index contributed by atoms with van der Waals surface area (Å²) in [7, 11) is 1.70. The van der Waals surface area contributed by atoms with Crippen LogP contribution in [0.1, 0.15) is 39.9 Å². The van der Waals surface area contributed by atoms with Crippen molar-refractivity contribution in [1.82, 2.24) is 29.3 Å². The van der Waals surface area contributed by atoms with Crippen molar-refractivity contribution in [1.29, 1.82) is 0 Å². The Morgan fingerprint density at radius 2 is 1.82 bits per heavy atom. The second-order valence-electron chi connectivity index (χ2n) is 8.40. The van der Waals surface area contributed by atoms with E-state index in [4.69, 9.17) is 0 Å². The topological polar surface area (TPSA) is 68.3 Å². The van der Waals surface area contributed by atoms with Gasteiger partial charge in [0.1, 0.15) is 11.5 Å². The first kappa shape index (κ1) is 22.1. The van der Waals surface area contributed by atoms with Crippen molar-refractivity contribution in [2.24, 2.45) is 7.05 Å². The number of benzene rings is 1. The van der Waals surface area contributed by atoms with Gasteiger partial charge in [-0.2, -0.15) is 23.4 Å². The molecule has 176 valence electrons. The molecule has 1 saturated heterocycles. The van der Waals surface area contributed by atoms with Gasteiger partial charge in [-0.1, -0.05) is 0 Å². The fourth-order valence-corrected chi connectivity index (χ4v) is 4.33. The van der Waals surface area contributed by atoms with Crippen LogP contribution >= 0.6 is 0 Å². The number of hydrogen-bond donors (Lipinski definition) is 0. The maximum absolute atomic E-state index is 13.4. The van der Waals surface area contributed by atoms with Crippen molar-refractivity contribution in [3.8, 4) is 11.3 Å². The quantitative estimate of drug-likeness (QED) is 0.419. The number of aromatic nitrogens is 5. The number of fused-ring (bicyclic) bond motifs is 1. The number of rotatable bonds is 3. The average Bonchev–Trinajstić information content (AvgIpc) is 3.50. The van der Waals surface area contributed by atoms with E-state index in [1.54, 1.807) is 40.9 Å². The Morgan fingerprint density at radius 3 is 2.53 bits per heavy atom. The molecule has 0 unspecified atom stereocenters. The summed E-state index contributed by atoms with van der Waals surface area (Å²) in [6.45, 7) is 2.24. The van der Waals surface area contributed by atoms with Crippen LogP contribution in [0.4, 0.5) is 17.6 Å². The van der Waals surface area contributed by atoms with Gasteiger partial charge in [-0.3, -0.25) is 9.48 Å². The Balaban J connectivity index is 1.37. The predicted molar refractivity (Wildman–Crippen MR) is 115 cm³/mol. The number of likely N-dealkylation sites (tertiary alicyclic amines) is 1. The predicted octanol–water partition coefficient (Wildman–Crippen LogP) is 4.23. The smallest absolute Gasteiger partial charge is 0.337 e. The van der Waals surface area contributed by atoms with E-state index in [-0.39, 0.29) is 34.7 Å². The maximum Gasteiger partial charge on any atom is 0.433 e. The van der Waals surface area contributed by atoms with Crippen molar-refractivity contribution >= 4 is 11.6 Å². The fraction of sp³-hybridized carbons (Fsp3) is 0.304. The highest BCUT2D eigenvalue weighted by Gasteiger charge is 2.36. The molecule has 1 aliphatic heterocycles. The summed E-state index contributed by atoms with van der Waals surface area (Å²) in [5.41, 5.74) is 1.60. The van der Waals surface area contributed by atoms with Crippen LogP contribution in [0.15, 0.2) is 42.5 Å². The highest BCUT2D eigenvalue weighted by Crippen LogP contribution is 2.33. The molecule has 1 amide bonds. The van der Waals surface area contributed by atoms with Gasteiger partial charge in [0.2, 0.25) is 0 Å². The van der Waals surface area contributed by atoms with Crippen LogP contribution in [-0.4, -0.2) is 48.3 Å². The highest BCUT2D eigenvalue weighted by atomic mass is 19.4. The molecule has 0 spiro atoms. The minimum Gasteiger partial charge on any atom is -0.337 e. The van der Waals surface area contributed by atoms with Crippen molar-refractivity contribution in [2.75, 3.05) is 13.1 Å². The number of amides is 1. The van der Waals surface area contributed by atoms with Crippen molar-refractivity contribution in [3.63, 3.8) is 0 Å². The second-order valence-corrected chi connectivity index (χ2v) is 8.40. The van der Waals surface area contributed by atoms with E-state index in [1.807, 2.05) is 0 Å². The van der Waals surface area contributed by atoms with E-state index in [2.05, 4.69) is 15.2 Å². The van der Waals surface area contributed by atoms with Gasteiger partial charge in [0, 0.05) is 37.8 Å². The number of aryl methyl sites for hydroxylation is 2. The molecule has 0 saturated carbocycles. The Hall–Kier alpha value is -3.76. The van der Waals surface area contributed by atoms with E-state index in [1.165, 1.54) is 19.1 Å². The van der Waals surface area contributed by atoms with Gasteiger partial charge in [0.05, 0.1) is 11.4 Å². The lowest BCUT2D eigenvalue weighted by Gasteiger charge is -2.14. The third-order valence-corrected chi connectivity index (χ3v) is 6.00. The lowest BCUT2D eigenvalue weighted by atomic mass is 10.1. The van der Waals surface area contributed by atoms with Gasteiger partial charge in [-0.05, 0) is 55.3 Å². The van der Waals surface area contributed by atoms with Crippen LogP contribution < -0.4 is 0 Å². The summed E-state index contributed by atoms with van der Waals surface area (Å²) in [6, 6.07) is 10.1. The van der Waals surface area contributed by atoms with E-state index in [9.17, 15) is 22.4 Å². The first-order chi connectivity index (χ1) is 16.1. The molecule has 34 heavy (non-hydrogen) atoms. The molecule has 4 aromatic rings. The summed E-state index contributed by atoms with van der Waals surface area (Å²) in [6.07, 6.45) is -4.00. The summed E-state index contributed by atoms with van der Waals surface area (Å²) >= 11 is 0. The molecule has 1 fully saturated rings. The largest absolute Gasteiger partial charge is 0.433 e. The Bertz CT molecular complexity index is 1390. The zero-order valence-corrected chi connectivity index (χ0v) is 18.3. The third kappa shape index (κ3) is 3.91. The molecule has 1 aliphatic rings. The van der Waals surface area contributed by atoms with Gasteiger partial charge in [-0.25, -0.2) is 13.9 Å². The maximum atomic E-state index is 13.4. The Morgan fingerprint density at radius 1 is 1.09 bits per heavy atom. The van der Waals surface area contributed by atoms with E-state index in [0.29, 0.717) is 30.9 Å². The molecule has 7 nitrogen and oxygen atoms in total. The van der Waals surface area contributed by atoms with Gasteiger partial charge >= 0.3 is 6.18 Å². The Labute approximate surface area is 191 Å². The number of hydrogen-bond acceptors (Lipinski definition) is 4. The van der Waals surface area contributed by atoms with Crippen LogP contribution in [0.25, 0.3) is 16.9 Å². The van der Waals surface area contributed by atoms with Crippen LogP contribution in [-0.2, 0) is 13.2 Å². The fourth-order valence-electron chi connectivity index (χ4n) is 4.33. The van der Waals surface area contributed by atoms with E-state index in [0.717, 1.165) is 16.1 Å². The molecule has 11 heteroatoms. The molecule has 5 rings (SSSR count). The monoisotopic (exact) mass is 472 g/mol. The zero-order chi connectivity index (χ0) is 24.2. The molecule has 3 aromatic heterocycles. The van der Waals surface area contributed by atoms with Crippen LogP contribution in [0, 0.1) is 12.7 Å². The second kappa shape index (κ2) is 7.93. The van der Waals surface area contributed by atoms with E-state index >= 15 is 0 Å². The highest BCUT2D eigenvalue weighted by molar-refractivity contribution is 5.93. The molecule has 4 heterocycles. The summed E-state index contributed by atoms with van der Waals surface area (Å²) in [5.74, 6) is -0.850. The SMILES string of the molecule is Cc1cc(C(F)(F)F)n2nc([C@H]3CCN(C(=O)c4cc(-c5ccc(F)cc5)n(C)n4)C3)cc2n1. The van der Waals surface area contributed by atoms with Gasteiger partial charge in [0.25, 0.3) is 5.91 Å². The summed E-state index contributed by atoms with van der Waals surface area (Å²) in [4.78, 5) is 18.9. The zero-order valence-electron chi connectivity index (χ0n) is 18.3. The van der Waals surface area contributed by atoms with Crippen LogP contribution in [0.3, 0.4) is 0 Å². The first-order valence-electron chi connectivity index (χ1n) is 10.6. The number of nitrogens with zero attached hydrogens (tertiary/aromatic N) is 6. The number of alkyl halides is 3. The van der Waals surface area contributed by atoms with Crippen LogP contribution in [0.5, 0.6) is 0 Å². The third-order valence-electron chi connectivity index (χ3n) is 6.00. The normalized spacial score (nSPS) is 16.5. The molecular weight excluding hydrogens is 452 g/mol.